The van der Waals surface area contributed by atoms with E-state index >= 15 is 0 Å². The lowest BCUT2D eigenvalue weighted by atomic mass is 10.1. The van der Waals surface area contributed by atoms with Crippen molar-refractivity contribution in [2.45, 2.75) is 6.92 Å². The minimum absolute atomic E-state index is 0.859. The first-order valence-electron chi connectivity index (χ1n) is 6.60. The van der Waals surface area contributed by atoms with Gasteiger partial charge in [0.25, 0.3) is 0 Å². The lowest BCUT2D eigenvalue weighted by molar-refractivity contribution is 0.670. The molecule has 2 heterocycles. The topological polar surface area (TPSA) is 44.1 Å². The van der Waals surface area contributed by atoms with Gasteiger partial charge in [-0.2, -0.15) is 0 Å². The Morgan fingerprint density at radius 1 is 0.950 bits per heavy atom. The minimum atomic E-state index is 0.859. The molecule has 3 nitrogen and oxygen atoms in total. The number of nitrogens with zero attached hydrogens (tertiary/aromatic N) is 1. The molecule has 0 aliphatic rings. The van der Waals surface area contributed by atoms with E-state index in [0.717, 1.165) is 38.9 Å². The average molecular weight is 262 g/mol. The first kappa shape index (κ1) is 11.2. The van der Waals surface area contributed by atoms with Gasteiger partial charge in [-0.25, -0.2) is 0 Å². The van der Waals surface area contributed by atoms with Crippen LogP contribution in [0, 0.1) is 6.92 Å². The van der Waals surface area contributed by atoms with E-state index in [1.165, 1.54) is 0 Å². The van der Waals surface area contributed by atoms with Crippen LogP contribution in [0.4, 0.5) is 0 Å². The van der Waals surface area contributed by atoms with E-state index in [-0.39, 0.29) is 0 Å². The van der Waals surface area contributed by atoms with E-state index < -0.39 is 0 Å². The molecule has 0 atom stereocenters. The number of nitrogens with two attached hydrogens (primary N) is 1. The maximum atomic E-state index is 6.24. The van der Waals surface area contributed by atoms with Gasteiger partial charge in [0.15, 0.2) is 5.58 Å². The van der Waals surface area contributed by atoms with E-state index in [4.69, 9.17) is 10.3 Å². The molecule has 0 unspecified atom stereocenters. The molecule has 98 valence electrons. The maximum absolute atomic E-state index is 6.24. The molecule has 4 aromatic rings. The summed E-state index contributed by atoms with van der Waals surface area (Å²) in [5.41, 5.74) is 5.89. The zero-order chi connectivity index (χ0) is 13.7. The van der Waals surface area contributed by atoms with Gasteiger partial charge in [-0.05, 0) is 24.6 Å². The second-order valence-electron chi connectivity index (χ2n) is 4.97. The Labute approximate surface area is 116 Å². The summed E-state index contributed by atoms with van der Waals surface area (Å²) in [6, 6.07) is 18.2. The molecule has 0 fully saturated rings. The third-order valence-corrected chi connectivity index (χ3v) is 3.82. The Morgan fingerprint density at radius 2 is 1.65 bits per heavy atom. The van der Waals surface area contributed by atoms with Crippen molar-refractivity contribution in [3.8, 4) is 11.1 Å². The maximum Gasteiger partial charge on any atom is 0.163 e. The third-order valence-electron chi connectivity index (χ3n) is 3.82. The van der Waals surface area contributed by atoms with Crippen molar-refractivity contribution in [3.63, 3.8) is 0 Å². The van der Waals surface area contributed by atoms with Crippen LogP contribution in [0.2, 0.25) is 0 Å². The van der Waals surface area contributed by atoms with Crippen LogP contribution >= 0.6 is 0 Å². The van der Waals surface area contributed by atoms with E-state index in [1.807, 2.05) is 49.4 Å². The number of fused-ring (bicyclic) bond motifs is 3. The Morgan fingerprint density at radius 3 is 2.45 bits per heavy atom. The van der Waals surface area contributed by atoms with Gasteiger partial charge in [0.1, 0.15) is 11.1 Å². The molecule has 2 aromatic carbocycles. The smallest absolute Gasteiger partial charge is 0.163 e. The Hall–Kier alpha value is -2.68. The van der Waals surface area contributed by atoms with Crippen LogP contribution < -0.4 is 5.84 Å². The van der Waals surface area contributed by atoms with Gasteiger partial charge < -0.3 is 10.3 Å². The molecule has 0 spiro atoms. The molecule has 2 N–H and O–H groups in total. The van der Waals surface area contributed by atoms with Crippen LogP contribution in [0.1, 0.15) is 5.69 Å². The summed E-state index contributed by atoms with van der Waals surface area (Å²) in [5, 5.41) is 1.05. The highest BCUT2D eigenvalue weighted by Gasteiger charge is 2.20. The molecule has 0 aliphatic heterocycles. The predicted octanol–water partition coefficient (Wildman–Crippen LogP) is 4.08. The van der Waals surface area contributed by atoms with Crippen LogP contribution in [0.3, 0.4) is 0 Å². The summed E-state index contributed by atoms with van der Waals surface area (Å²) in [4.78, 5) is 0. The monoisotopic (exact) mass is 262 g/mol. The van der Waals surface area contributed by atoms with Gasteiger partial charge in [-0.15, -0.1) is 0 Å². The third kappa shape index (κ3) is 1.35. The Bertz CT molecular complexity index is 916. The number of para-hydroxylation sites is 1. The number of hydrogen-bond acceptors (Lipinski definition) is 2. The summed E-state index contributed by atoms with van der Waals surface area (Å²) in [7, 11) is 0. The quantitative estimate of drug-likeness (QED) is 0.525. The number of furan rings is 1. The zero-order valence-corrected chi connectivity index (χ0v) is 11.1. The van der Waals surface area contributed by atoms with Crippen LogP contribution in [0.25, 0.3) is 33.2 Å². The van der Waals surface area contributed by atoms with Crippen LogP contribution in [-0.4, -0.2) is 4.68 Å². The Kier molecular flexibility index (Phi) is 2.18. The summed E-state index contributed by atoms with van der Waals surface area (Å²) in [6.45, 7) is 2.02. The number of benzene rings is 2. The molecular weight excluding hydrogens is 248 g/mol. The first-order chi connectivity index (χ1) is 9.77. The normalized spacial score (nSPS) is 11.4. The highest BCUT2D eigenvalue weighted by molar-refractivity contribution is 6.09. The summed E-state index contributed by atoms with van der Waals surface area (Å²) in [5.74, 6) is 6.24. The van der Waals surface area contributed by atoms with Crippen molar-refractivity contribution >= 4 is 22.1 Å². The Balaban J connectivity index is 2.19. The van der Waals surface area contributed by atoms with Crippen molar-refractivity contribution in [1.82, 2.24) is 4.68 Å². The highest BCUT2D eigenvalue weighted by atomic mass is 16.3. The second-order valence-corrected chi connectivity index (χ2v) is 4.97. The molecule has 0 saturated carbocycles. The predicted molar refractivity (Wildman–Crippen MR) is 82.0 cm³/mol. The fraction of sp³-hybridized carbons (Fsp3) is 0.0588. The molecule has 0 aliphatic carbocycles. The van der Waals surface area contributed by atoms with E-state index in [1.54, 1.807) is 4.68 Å². The molecule has 3 heteroatoms. The lowest BCUT2D eigenvalue weighted by Gasteiger charge is -2.02. The average Bonchev–Trinajstić information content (AvgIpc) is 2.96. The molecule has 0 saturated heterocycles. The molecule has 0 bridgehead atoms. The van der Waals surface area contributed by atoms with Gasteiger partial charge in [-0.1, -0.05) is 42.5 Å². The lowest BCUT2D eigenvalue weighted by Crippen LogP contribution is -2.09. The zero-order valence-electron chi connectivity index (χ0n) is 11.1. The highest BCUT2D eigenvalue weighted by Crippen LogP contribution is 2.38. The van der Waals surface area contributed by atoms with E-state index in [0.29, 0.717) is 0 Å². The fourth-order valence-electron chi connectivity index (χ4n) is 2.84. The van der Waals surface area contributed by atoms with Crippen LogP contribution in [0.15, 0.2) is 59.0 Å². The minimum Gasteiger partial charge on any atom is -0.454 e. The van der Waals surface area contributed by atoms with Gasteiger partial charge in [0.05, 0.1) is 0 Å². The standard InChI is InChI=1S/C17H14N2O/c1-11-15(12-7-3-2-4-8-12)17-16(19(11)18)13-9-5-6-10-14(13)20-17/h2-10H,18H2,1H3. The first-order valence-corrected chi connectivity index (χ1v) is 6.60. The molecule has 20 heavy (non-hydrogen) atoms. The van der Waals surface area contributed by atoms with Crippen LogP contribution in [-0.2, 0) is 0 Å². The van der Waals surface area contributed by atoms with Crippen molar-refractivity contribution in [1.29, 1.82) is 0 Å². The van der Waals surface area contributed by atoms with Crippen molar-refractivity contribution in [3.05, 3.63) is 60.3 Å². The molecule has 0 amide bonds. The van der Waals surface area contributed by atoms with Crippen LogP contribution in [0.5, 0.6) is 0 Å². The van der Waals surface area contributed by atoms with Crippen molar-refractivity contribution in [2.24, 2.45) is 0 Å². The largest absolute Gasteiger partial charge is 0.454 e. The molecule has 2 aromatic heterocycles. The fourth-order valence-corrected chi connectivity index (χ4v) is 2.84. The number of aromatic nitrogens is 1. The number of hydrogen-bond donors (Lipinski definition) is 1. The second kappa shape index (κ2) is 3.90. The number of nitrogen functional groups attached to an aromatic ring is 1. The molecule has 0 radical (unpaired) electrons. The van der Waals surface area contributed by atoms with Gasteiger partial charge in [0.2, 0.25) is 0 Å². The molecule has 4 rings (SSSR count). The summed E-state index contributed by atoms with van der Waals surface area (Å²) < 4.78 is 7.76. The summed E-state index contributed by atoms with van der Waals surface area (Å²) >= 11 is 0. The van der Waals surface area contributed by atoms with E-state index in [2.05, 4.69) is 12.1 Å². The van der Waals surface area contributed by atoms with Gasteiger partial charge in [0, 0.05) is 16.6 Å². The van der Waals surface area contributed by atoms with Crippen molar-refractivity contribution in [2.75, 3.05) is 5.84 Å². The molecular formula is C17H14N2O. The summed E-state index contributed by atoms with van der Waals surface area (Å²) in [6.07, 6.45) is 0. The SMILES string of the molecule is Cc1c(-c2ccccc2)c2oc3ccccc3c2n1N. The van der Waals surface area contributed by atoms with Crippen molar-refractivity contribution < 1.29 is 4.42 Å². The van der Waals surface area contributed by atoms with E-state index in [9.17, 15) is 0 Å². The van der Waals surface area contributed by atoms with Gasteiger partial charge in [-0.3, -0.25) is 4.68 Å². The number of rotatable bonds is 1. The van der Waals surface area contributed by atoms with Gasteiger partial charge >= 0.3 is 0 Å².